The van der Waals surface area contributed by atoms with E-state index in [1.165, 1.54) is 6.92 Å². The maximum Gasteiger partial charge on any atom is 0.530 e. The van der Waals surface area contributed by atoms with Gasteiger partial charge in [-0.3, -0.25) is 13.8 Å². The van der Waals surface area contributed by atoms with Gasteiger partial charge in [-0.1, -0.05) is 24.3 Å². The maximum absolute atomic E-state index is 15.8. The number of hydrogen-bond donors (Lipinski definition) is 2. The number of ether oxygens (including phenoxy) is 1. The van der Waals surface area contributed by atoms with Crippen LogP contribution in [-0.4, -0.2) is 40.6 Å². The first-order valence-electron chi connectivity index (χ1n) is 10.9. The van der Waals surface area contributed by atoms with Crippen LogP contribution in [0.5, 0.6) is 5.75 Å². The van der Waals surface area contributed by atoms with Crippen molar-refractivity contribution in [3.8, 4) is 5.75 Å². The van der Waals surface area contributed by atoms with Crippen LogP contribution < -0.4 is 9.84 Å². The highest BCUT2D eigenvalue weighted by atomic mass is 31.2. The largest absolute Gasteiger partial charge is 0.530 e. The van der Waals surface area contributed by atoms with Crippen LogP contribution in [0.3, 0.4) is 0 Å². The summed E-state index contributed by atoms with van der Waals surface area (Å²) in [5.41, 5.74) is 2.18. The fourth-order valence-corrected chi connectivity index (χ4v) is 4.61. The summed E-state index contributed by atoms with van der Waals surface area (Å²) >= 11 is 0. The van der Waals surface area contributed by atoms with Gasteiger partial charge in [0.15, 0.2) is 6.20 Å². The van der Waals surface area contributed by atoms with E-state index in [1.807, 2.05) is 6.92 Å². The first-order valence-corrected chi connectivity index (χ1v) is 10.9. The van der Waals surface area contributed by atoms with E-state index in [2.05, 4.69) is 11.9 Å². The lowest BCUT2D eigenvalue weighted by Crippen LogP contribution is -2.46. The summed E-state index contributed by atoms with van der Waals surface area (Å²) in [7, 11) is -4.67. The zero-order chi connectivity index (χ0) is 25.3. The molecule has 2 N–H and O–H groups in total. The van der Waals surface area contributed by atoms with Crippen LogP contribution in [0.1, 0.15) is 34.1 Å². The Balaban J connectivity index is 1.60. The number of carbonyl (C=O) groups excluding carboxylic acids is 1. The number of aliphatic hydroxyl groups excluding tert-OH is 1. The van der Waals surface area contributed by atoms with Gasteiger partial charge >= 0.3 is 7.82 Å². The highest BCUT2D eigenvalue weighted by Gasteiger charge is 2.51. The van der Waals surface area contributed by atoms with Crippen molar-refractivity contribution in [2.45, 2.75) is 52.0 Å². The van der Waals surface area contributed by atoms with Crippen molar-refractivity contribution in [3.05, 3.63) is 53.0 Å². The lowest BCUT2D eigenvalue weighted by molar-refractivity contribution is -0.184. The third-order valence-corrected chi connectivity index (χ3v) is 6.03. The summed E-state index contributed by atoms with van der Waals surface area (Å²) in [6.07, 6.45) is -4.49. The number of benzene rings is 1. The number of halogens is 1. The van der Waals surface area contributed by atoms with Crippen LogP contribution in [-0.2, 0) is 29.8 Å². The molecule has 0 radical (unpaired) electrons. The summed E-state index contributed by atoms with van der Waals surface area (Å²) < 4.78 is 74.2. The van der Waals surface area contributed by atoms with Gasteiger partial charge in [-0.2, -0.15) is 0 Å². The molecule has 4 rings (SSSR count). The van der Waals surface area contributed by atoms with E-state index in [1.54, 1.807) is 19.1 Å². The zero-order valence-electron chi connectivity index (χ0n) is 20.1. The number of phosphoric ester groups is 1. The van der Waals surface area contributed by atoms with E-state index in [9.17, 15) is 14.5 Å². The Labute approximate surface area is 183 Å². The molecular weight excluding hydrogens is 430 g/mol. The van der Waals surface area contributed by atoms with Crippen LogP contribution in [0.4, 0.5) is 4.39 Å². The van der Waals surface area contributed by atoms with Gasteiger partial charge in [0, 0.05) is 23.8 Å². The second kappa shape index (κ2) is 7.72. The van der Waals surface area contributed by atoms with Crippen molar-refractivity contribution in [3.63, 3.8) is 0 Å². The molecule has 1 saturated heterocycles. The molecule has 3 aliphatic heterocycles. The third kappa shape index (κ3) is 4.26. The Morgan fingerprint density at radius 3 is 3.00 bits per heavy atom. The van der Waals surface area contributed by atoms with Gasteiger partial charge in [0.1, 0.15) is 24.2 Å². The number of hydrogen-bond acceptors (Lipinski definition) is 8. The number of nitrogens with zero attached hydrogens (tertiary/aromatic N) is 1. The number of carbonyl (C=O) groups is 1. The van der Waals surface area contributed by atoms with Gasteiger partial charge in [-0.05, 0) is 26.3 Å². The standard InChI is InChI=1S/C20H24FN2O7P/c1-11-5-12(2)17-15(6-11)9-27-31(26,30-17)28-10-20(21)7-16(24)19(29-20)23-8-13(3)18(25)22-14(23)4/h5-6,8,16,19,24H,4,7,9-10H2,1-3H3,(H,22,25)/t16-,19-,20+,31?/m1/s1/i10D2,19D. The van der Waals surface area contributed by atoms with Gasteiger partial charge in [0.25, 0.3) is 5.91 Å². The molecule has 4 atom stereocenters. The first kappa shape index (κ1) is 18.4. The lowest BCUT2D eigenvalue weighted by atomic mass is 10.1. The number of amides is 1. The van der Waals surface area contributed by atoms with E-state index in [4.69, 9.17) is 22.4 Å². The summed E-state index contributed by atoms with van der Waals surface area (Å²) in [6, 6.07) is 3.49. The van der Waals surface area contributed by atoms with Gasteiger partial charge in [-0.25, -0.2) is 8.96 Å². The lowest BCUT2D eigenvalue weighted by Gasteiger charge is -2.34. The van der Waals surface area contributed by atoms with Crippen molar-refractivity contribution in [2.75, 3.05) is 6.56 Å². The molecule has 11 heteroatoms. The van der Waals surface area contributed by atoms with E-state index >= 15 is 4.39 Å². The second-order valence-corrected chi connectivity index (χ2v) is 9.06. The minimum absolute atomic E-state index is 0.114. The Bertz CT molecular complexity index is 1170. The fraction of sp³-hybridized carbons (Fsp3) is 0.450. The minimum Gasteiger partial charge on any atom is -0.403 e. The number of alkyl halides is 1. The molecule has 1 aromatic carbocycles. The molecule has 0 spiro atoms. The number of phosphoric acid groups is 1. The molecule has 0 aliphatic carbocycles. The predicted octanol–water partition coefficient (Wildman–Crippen LogP) is 2.92. The second-order valence-electron chi connectivity index (χ2n) is 7.55. The summed E-state index contributed by atoms with van der Waals surface area (Å²) in [6.45, 7) is 4.80. The average Bonchev–Trinajstić information content (AvgIpc) is 2.95. The molecule has 3 aliphatic rings. The number of nitrogens with one attached hydrogen (secondary N) is 1. The molecular formula is C20H24FN2O7P. The van der Waals surface area contributed by atoms with Crippen LogP contribution in [0, 0.1) is 13.8 Å². The van der Waals surface area contributed by atoms with Crippen molar-refractivity contribution in [1.82, 2.24) is 10.2 Å². The van der Waals surface area contributed by atoms with Crippen molar-refractivity contribution >= 4 is 13.7 Å². The Morgan fingerprint density at radius 2 is 2.26 bits per heavy atom. The number of fused-ring (bicyclic) bond motifs is 1. The molecule has 0 saturated carbocycles. The summed E-state index contributed by atoms with van der Waals surface area (Å²) in [5, 5.41) is 12.8. The molecule has 3 heterocycles. The topological polar surface area (TPSA) is 107 Å². The highest BCUT2D eigenvalue weighted by Crippen LogP contribution is 2.56. The van der Waals surface area contributed by atoms with Crippen LogP contribution >= 0.6 is 7.82 Å². The molecule has 0 bridgehead atoms. The number of aliphatic hydroxyl groups is 1. The molecule has 9 nitrogen and oxygen atoms in total. The molecule has 1 unspecified atom stereocenters. The van der Waals surface area contributed by atoms with E-state index < -0.39 is 44.9 Å². The van der Waals surface area contributed by atoms with E-state index in [0.29, 0.717) is 11.1 Å². The summed E-state index contributed by atoms with van der Waals surface area (Å²) in [5.74, 6) is -3.99. The smallest absolute Gasteiger partial charge is 0.403 e. The van der Waals surface area contributed by atoms with Crippen LogP contribution in [0.15, 0.2) is 36.3 Å². The summed E-state index contributed by atoms with van der Waals surface area (Å²) in [4.78, 5) is 12.6. The predicted molar refractivity (Wildman–Crippen MR) is 107 cm³/mol. The van der Waals surface area contributed by atoms with Crippen LogP contribution in [0.2, 0.25) is 0 Å². The van der Waals surface area contributed by atoms with Crippen molar-refractivity contribution < 1.29 is 41.3 Å². The van der Waals surface area contributed by atoms with Gasteiger partial charge < -0.3 is 24.6 Å². The van der Waals surface area contributed by atoms with Gasteiger partial charge in [0.2, 0.25) is 5.85 Å². The Kier molecular flexibility index (Phi) is 4.57. The average molecular weight is 457 g/mol. The number of aryl methyl sites for hydroxylation is 2. The normalized spacial score (nSPS) is 37.2. The maximum atomic E-state index is 15.8. The SMILES string of the molecule is [2H]C([2H])(OP1(=O)OCc2cc(C)cc(C)c2O1)[C@]1(F)C[C@@H](O)[C@]([2H])(N2C=C(C)C(=O)NC2=C)O1. The quantitative estimate of drug-likeness (QED) is 0.665. The molecule has 0 aromatic heterocycles. The molecule has 1 aromatic rings. The van der Waals surface area contributed by atoms with Gasteiger partial charge in [0.05, 0.1) is 10.7 Å². The van der Waals surface area contributed by atoms with Crippen molar-refractivity contribution in [1.29, 1.82) is 0 Å². The molecule has 168 valence electrons. The van der Waals surface area contributed by atoms with E-state index in [-0.39, 0.29) is 23.8 Å². The first-order chi connectivity index (χ1) is 15.6. The molecule has 31 heavy (non-hydrogen) atoms. The van der Waals surface area contributed by atoms with Gasteiger partial charge in [-0.15, -0.1) is 0 Å². The molecule has 1 amide bonds. The highest BCUT2D eigenvalue weighted by molar-refractivity contribution is 7.49. The van der Waals surface area contributed by atoms with Crippen LogP contribution in [0.25, 0.3) is 0 Å². The third-order valence-electron chi connectivity index (χ3n) is 4.86. The minimum atomic E-state index is -4.67. The Hall–Kier alpha value is -2.23. The fourth-order valence-electron chi connectivity index (χ4n) is 3.44. The van der Waals surface area contributed by atoms with Crippen molar-refractivity contribution in [2.24, 2.45) is 0 Å². The number of rotatable bonds is 4. The van der Waals surface area contributed by atoms with E-state index in [0.717, 1.165) is 16.7 Å². The Morgan fingerprint density at radius 1 is 1.52 bits per heavy atom. The zero-order valence-corrected chi connectivity index (χ0v) is 18.0. The monoisotopic (exact) mass is 457 g/mol. The molecule has 1 fully saturated rings.